The van der Waals surface area contributed by atoms with E-state index in [1.54, 1.807) is 0 Å². The van der Waals surface area contributed by atoms with Crippen LogP contribution in [0.3, 0.4) is 0 Å². The number of aliphatic hydroxyl groups is 1. The highest BCUT2D eigenvalue weighted by atomic mass is 16.5. The van der Waals surface area contributed by atoms with Gasteiger partial charge in [-0.3, -0.25) is 4.79 Å². The lowest BCUT2D eigenvalue weighted by Crippen LogP contribution is -2.48. The molecule has 6 heteroatoms. The van der Waals surface area contributed by atoms with Crippen LogP contribution in [0, 0.1) is 5.92 Å². The number of rotatable bonds is 4. The molecule has 0 saturated heterocycles. The summed E-state index contributed by atoms with van der Waals surface area (Å²) in [7, 11) is 0. The van der Waals surface area contributed by atoms with Crippen molar-refractivity contribution < 1.29 is 24.5 Å². The van der Waals surface area contributed by atoms with E-state index >= 15 is 0 Å². The number of carbonyl (C=O) groups is 2. The number of carbonyl (C=O) groups excluding carboxylic acids is 1. The molecule has 0 radical (unpaired) electrons. The van der Waals surface area contributed by atoms with Gasteiger partial charge in [0.05, 0.1) is 18.1 Å². The van der Waals surface area contributed by atoms with E-state index in [0.29, 0.717) is 12.8 Å². The van der Waals surface area contributed by atoms with Gasteiger partial charge in [0, 0.05) is 5.92 Å². The van der Waals surface area contributed by atoms with Crippen LogP contribution in [0.25, 0.3) is 11.1 Å². The second-order valence-electron chi connectivity index (χ2n) is 7.49. The summed E-state index contributed by atoms with van der Waals surface area (Å²) in [6.07, 6.45) is -0.404. The molecule has 0 spiro atoms. The topological polar surface area (TPSA) is 95.9 Å². The first-order valence-corrected chi connectivity index (χ1v) is 9.57. The van der Waals surface area contributed by atoms with Gasteiger partial charge in [0.25, 0.3) is 0 Å². The number of hydrogen-bond acceptors (Lipinski definition) is 4. The minimum atomic E-state index is -0.897. The van der Waals surface area contributed by atoms with Gasteiger partial charge >= 0.3 is 12.1 Å². The lowest BCUT2D eigenvalue weighted by Gasteiger charge is -2.31. The number of aliphatic hydroxyl groups excluding tert-OH is 1. The molecule has 6 nitrogen and oxygen atoms in total. The summed E-state index contributed by atoms with van der Waals surface area (Å²) in [4.78, 5) is 23.5. The molecule has 0 aliphatic heterocycles. The van der Waals surface area contributed by atoms with E-state index in [9.17, 15) is 19.8 Å². The van der Waals surface area contributed by atoms with Crippen LogP contribution in [0.4, 0.5) is 4.79 Å². The Balaban J connectivity index is 1.42. The van der Waals surface area contributed by atoms with Crippen molar-refractivity contribution >= 4 is 12.1 Å². The lowest BCUT2D eigenvalue weighted by molar-refractivity contribution is -0.144. The number of carboxylic acids is 1. The Kier molecular flexibility index (Phi) is 5.05. The Hall–Kier alpha value is -2.86. The molecule has 0 heterocycles. The second kappa shape index (κ2) is 7.64. The molecule has 28 heavy (non-hydrogen) atoms. The van der Waals surface area contributed by atoms with Crippen LogP contribution in [0.2, 0.25) is 0 Å². The van der Waals surface area contributed by atoms with Gasteiger partial charge in [0.15, 0.2) is 0 Å². The normalized spacial score (nSPS) is 23.5. The van der Waals surface area contributed by atoms with Gasteiger partial charge in [-0.1, -0.05) is 48.5 Å². The Morgan fingerprint density at radius 3 is 2.21 bits per heavy atom. The summed E-state index contributed by atoms with van der Waals surface area (Å²) < 4.78 is 5.48. The molecule has 3 unspecified atom stereocenters. The van der Waals surface area contributed by atoms with Crippen molar-refractivity contribution in [2.75, 3.05) is 6.61 Å². The largest absolute Gasteiger partial charge is 0.481 e. The molecule has 2 aromatic rings. The summed E-state index contributed by atoms with van der Waals surface area (Å²) in [5, 5.41) is 21.9. The average molecular weight is 381 g/mol. The number of nitrogens with one attached hydrogen (secondary N) is 1. The Bertz CT molecular complexity index is 851. The van der Waals surface area contributed by atoms with Crippen LogP contribution in [-0.2, 0) is 9.53 Å². The number of hydrogen-bond donors (Lipinski definition) is 3. The predicted octanol–water partition coefficient (Wildman–Crippen LogP) is 3.14. The molecule has 2 aliphatic rings. The fraction of sp³-hybridized carbons (Fsp3) is 0.364. The van der Waals surface area contributed by atoms with Crippen molar-refractivity contribution in [2.45, 2.75) is 37.3 Å². The first kappa shape index (κ1) is 18.5. The van der Waals surface area contributed by atoms with Crippen LogP contribution in [0.1, 0.15) is 36.3 Å². The summed E-state index contributed by atoms with van der Waals surface area (Å²) >= 11 is 0. The van der Waals surface area contributed by atoms with E-state index in [0.717, 1.165) is 22.3 Å². The quantitative estimate of drug-likeness (QED) is 0.756. The smallest absolute Gasteiger partial charge is 0.407 e. The van der Waals surface area contributed by atoms with Gasteiger partial charge in [0.2, 0.25) is 0 Å². The molecule has 2 aliphatic carbocycles. The van der Waals surface area contributed by atoms with Crippen molar-refractivity contribution in [3.8, 4) is 11.1 Å². The molecule has 4 rings (SSSR count). The van der Waals surface area contributed by atoms with Crippen molar-refractivity contribution in [2.24, 2.45) is 5.92 Å². The van der Waals surface area contributed by atoms with Crippen LogP contribution in [-0.4, -0.2) is 41.0 Å². The second-order valence-corrected chi connectivity index (χ2v) is 7.49. The van der Waals surface area contributed by atoms with Crippen LogP contribution in [0.15, 0.2) is 48.5 Å². The molecule has 1 fully saturated rings. The summed E-state index contributed by atoms with van der Waals surface area (Å²) in [5.74, 6) is -1.49. The molecule has 3 atom stereocenters. The lowest BCUT2D eigenvalue weighted by atomic mass is 9.84. The summed E-state index contributed by atoms with van der Waals surface area (Å²) in [6, 6.07) is 15.6. The molecule has 2 aromatic carbocycles. The van der Waals surface area contributed by atoms with Crippen LogP contribution in [0.5, 0.6) is 0 Å². The first-order chi connectivity index (χ1) is 13.5. The molecule has 3 N–H and O–H groups in total. The average Bonchev–Trinajstić information content (AvgIpc) is 3.02. The van der Waals surface area contributed by atoms with E-state index in [1.807, 2.05) is 36.4 Å². The number of benzene rings is 2. The Morgan fingerprint density at radius 1 is 1.00 bits per heavy atom. The Morgan fingerprint density at radius 2 is 1.61 bits per heavy atom. The zero-order valence-corrected chi connectivity index (χ0v) is 15.4. The molecular formula is C22H23NO5. The highest BCUT2D eigenvalue weighted by molar-refractivity contribution is 5.79. The summed E-state index contributed by atoms with van der Waals surface area (Å²) in [5.41, 5.74) is 4.55. The van der Waals surface area contributed by atoms with Gasteiger partial charge in [-0.05, 0) is 41.5 Å². The third kappa shape index (κ3) is 3.47. The maximum Gasteiger partial charge on any atom is 0.407 e. The van der Waals surface area contributed by atoms with Gasteiger partial charge in [-0.2, -0.15) is 0 Å². The number of fused-ring (bicyclic) bond motifs is 3. The minimum absolute atomic E-state index is 0.0406. The summed E-state index contributed by atoms with van der Waals surface area (Å²) in [6.45, 7) is 0.186. The highest BCUT2D eigenvalue weighted by Gasteiger charge is 2.34. The third-order valence-corrected chi connectivity index (χ3v) is 5.81. The van der Waals surface area contributed by atoms with Crippen molar-refractivity contribution in [1.82, 2.24) is 5.32 Å². The third-order valence-electron chi connectivity index (χ3n) is 5.81. The molecule has 146 valence electrons. The minimum Gasteiger partial charge on any atom is -0.481 e. The number of aliphatic carboxylic acids is 1. The van der Waals surface area contributed by atoms with Gasteiger partial charge < -0.3 is 20.3 Å². The molecule has 0 aromatic heterocycles. The van der Waals surface area contributed by atoms with E-state index < -0.39 is 30.1 Å². The van der Waals surface area contributed by atoms with E-state index in [4.69, 9.17) is 4.74 Å². The zero-order valence-electron chi connectivity index (χ0n) is 15.4. The SMILES string of the molecule is O=C(NC1CC(C(=O)O)CCC1O)OCC1c2ccccc2-c2ccccc21. The van der Waals surface area contributed by atoms with Gasteiger partial charge in [0.1, 0.15) is 6.61 Å². The highest BCUT2D eigenvalue weighted by Crippen LogP contribution is 2.44. The molecule has 1 saturated carbocycles. The molecule has 0 bridgehead atoms. The van der Waals surface area contributed by atoms with Gasteiger partial charge in [-0.15, -0.1) is 0 Å². The Labute approximate surface area is 163 Å². The van der Waals surface area contributed by atoms with Gasteiger partial charge in [-0.25, -0.2) is 4.79 Å². The number of alkyl carbamates (subject to hydrolysis) is 1. The zero-order chi connectivity index (χ0) is 19.7. The fourth-order valence-corrected chi connectivity index (χ4v) is 4.33. The van der Waals surface area contributed by atoms with Crippen LogP contribution >= 0.6 is 0 Å². The predicted molar refractivity (Wildman–Crippen MR) is 103 cm³/mol. The molecular weight excluding hydrogens is 358 g/mol. The number of carboxylic acid groups (broad SMARTS) is 1. The van der Waals surface area contributed by atoms with Crippen LogP contribution < -0.4 is 5.32 Å². The fourth-order valence-electron chi connectivity index (χ4n) is 4.33. The monoisotopic (exact) mass is 381 g/mol. The van der Waals surface area contributed by atoms with Crippen molar-refractivity contribution in [3.05, 3.63) is 59.7 Å². The van der Waals surface area contributed by atoms with E-state index in [-0.39, 0.29) is 18.9 Å². The number of ether oxygens (including phenoxy) is 1. The van der Waals surface area contributed by atoms with Crippen molar-refractivity contribution in [3.63, 3.8) is 0 Å². The van der Waals surface area contributed by atoms with E-state index in [2.05, 4.69) is 17.4 Å². The maximum atomic E-state index is 12.3. The maximum absolute atomic E-state index is 12.3. The standard InChI is InChI=1S/C22H23NO5/c24-20-10-9-13(21(25)26)11-19(20)23-22(27)28-12-18-16-7-3-1-5-14(16)15-6-2-4-8-17(15)18/h1-8,13,18-20,24H,9-12H2,(H,23,27)(H,25,26). The van der Waals surface area contributed by atoms with Crippen molar-refractivity contribution in [1.29, 1.82) is 0 Å². The first-order valence-electron chi connectivity index (χ1n) is 9.57. The molecule has 1 amide bonds. The van der Waals surface area contributed by atoms with E-state index in [1.165, 1.54) is 0 Å². The number of amides is 1.